The Hall–Kier alpha value is -3.95. The number of hydrogen-bond donors (Lipinski definition) is 2. The lowest BCUT2D eigenvalue weighted by atomic mass is 10.1. The largest absolute Gasteiger partial charge is 0.344 e. The van der Waals surface area contributed by atoms with Gasteiger partial charge in [0.2, 0.25) is 0 Å². The Morgan fingerprint density at radius 1 is 0.972 bits per heavy atom. The zero-order chi connectivity index (χ0) is 24.6. The van der Waals surface area contributed by atoms with E-state index >= 15 is 0 Å². The molecule has 1 amide bonds. The first-order valence-corrected chi connectivity index (χ1v) is 12.4. The minimum Gasteiger partial charge on any atom is -0.344 e. The Kier molecular flexibility index (Phi) is 5.79. The average Bonchev–Trinajstić information content (AvgIpc) is 3.59. The molecule has 1 fully saturated rings. The van der Waals surface area contributed by atoms with Crippen molar-refractivity contribution in [2.75, 3.05) is 13.2 Å². The van der Waals surface area contributed by atoms with Gasteiger partial charge in [0, 0.05) is 28.3 Å². The lowest BCUT2D eigenvalue weighted by Gasteiger charge is -2.23. The summed E-state index contributed by atoms with van der Waals surface area (Å²) in [5.41, 5.74) is 5.76. The summed E-state index contributed by atoms with van der Waals surface area (Å²) in [6.07, 6.45) is 2.02. The van der Waals surface area contributed by atoms with Gasteiger partial charge in [0.05, 0.1) is 16.7 Å². The van der Waals surface area contributed by atoms with Crippen molar-refractivity contribution in [2.24, 2.45) is 0 Å². The molecule has 0 aliphatic carbocycles. The van der Waals surface area contributed by atoms with Gasteiger partial charge in [0.25, 0.3) is 5.91 Å². The van der Waals surface area contributed by atoms with Crippen molar-refractivity contribution in [2.45, 2.75) is 12.6 Å². The van der Waals surface area contributed by atoms with Crippen molar-refractivity contribution >= 4 is 32.9 Å². The lowest BCUT2D eigenvalue weighted by molar-refractivity contribution is -0.128. The van der Waals surface area contributed by atoms with E-state index in [0.29, 0.717) is 13.0 Å². The van der Waals surface area contributed by atoms with E-state index in [1.54, 1.807) is 4.90 Å². The van der Waals surface area contributed by atoms with Crippen LogP contribution in [0, 0.1) is 0 Å². The molecule has 180 valence electrons. The molecule has 3 heterocycles. The number of nitrogens with zero attached hydrogens (tertiary/aromatic N) is 3. The number of rotatable bonds is 6. The van der Waals surface area contributed by atoms with Gasteiger partial charge in [-0.1, -0.05) is 52.3 Å². The second-order valence-electron chi connectivity index (χ2n) is 8.68. The van der Waals surface area contributed by atoms with Gasteiger partial charge >= 0.3 is 5.69 Å². The monoisotopic (exact) mass is 543 g/mol. The van der Waals surface area contributed by atoms with Gasteiger partial charge in [-0.25, -0.2) is 9.48 Å². The Balaban J connectivity index is 1.33. The van der Waals surface area contributed by atoms with Crippen LogP contribution in [0.4, 0.5) is 0 Å². The summed E-state index contributed by atoms with van der Waals surface area (Å²) in [6.45, 7) is 0.494. The minimum absolute atomic E-state index is 0.0204. The van der Waals surface area contributed by atoms with Crippen LogP contribution in [-0.2, 0) is 16.0 Å². The quantitative estimate of drug-likeness (QED) is 0.328. The highest BCUT2D eigenvalue weighted by atomic mass is 79.9. The Morgan fingerprint density at radius 3 is 2.56 bits per heavy atom. The number of nitrogens with one attached hydrogen (secondary N) is 2. The predicted molar refractivity (Wildman–Crippen MR) is 140 cm³/mol. The summed E-state index contributed by atoms with van der Waals surface area (Å²) in [7, 11) is 0. The van der Waals surface area contributed by atoms with E-state index in [1.807, 2.05) is 83.7 Å². The molecule has 0 radical (unpaired) electrons. The van der Waals surface area contributed by atoms with Gasteiger partial charge in [-0.2, -0.15) is 5.10 Å². The number of aromatic nitrogens is 4. The molecule has 1 atom stereocenters. The van der Waals surface area contributed by atoms with E-state index in [1.165, 1.54) is 0 Å². The number of H-pyrrole nitrogens is 2. The number of fused-ring (bicyclic) bond motifs is 1. The topological polar surface area (TPSA) is 96.0 Å². The summed E-state index contributed by atoms with van der Waals surface area (Å²) in [4.78, 5) is 31.8. The minimum atomic E-state index is -0.548. The molecule has 1 saturated heterocycles. The van der Waals surface area contributed by atoms with Crippen molar-refractivity contribution in [3.05, 3.63) is 105 Å². The number of imidazole rings is 1. The zero-order valence-electron chi connectivity index (χ0n) is 19.1. The fraction of sp³-hybridized carbons (Fsp3) is 0.148. The number of benzene rings is 3. The van der Waals surface area contributed by atoms with Crippen LogP contribution in [0.1, 0.15) is 17.4 Å². The lowest BCUT2D eigenvalue weighted by Crippen LogP contribution is -2.30. The van der Waals surface area contributed by atoms with Crippen LogP contribution in [0.25, 0.3) is 28.0 Å². The molecule has 0 bridgehead atoms. The maximum absolute atomic E-state index is 12.9. The van der Waals surface area contributed by atoms with Crippen molar-refractivity contribution in [1.29, 1.82) is 0 Å². The molecule has 3 aromatic carbocycles. The number of carbonyl (C=O) groups is 1. The fourth-order valence-corrected chi connectivity index (χ4v) is 4.82. The van der Waals surface area contributed by atoms with Gasteiger partial charge in [0.1, 0.15) is 12.3 Å². The maximum Gasteiger partial charge on any atom is 0.323 e. The molecule has 1 aliphatic rings. The highest BCUT2D eigenvalue weighted by Crippen LogP contribution is 2.35. The van der Waals surface area contributed by atoms with Gasteiger partial charge < -0.3 is 19.6 Å². The Morgan fingerprint density at radius 2 is 1.75 bits per heavy atom. The van der Waals surface area contributed by atoms with Crippen molar-refractivity contribution in [1.82, 2.24) is 24.6 Å². The number of aromatic amines is 2. The summed E-state index contributed by atoms with van der Waals surface area (Å²) < 4.78 is 8.83. The molecule has 2 aromatic heterocycles. The molecule has 0 unspecified atom stereocenters. The number of halogens is 1. The van der Waals surface area contributed by atoms with E-state index in [9.17, 15) is 9.59 Å². The van der Waals surface area contributed by atoms with E-state index < -0.39 is 6.23 Å². The summed E-state index contributed by atoms with van der Waals surface area (Å²) in [5, 5.41) is 4.89. The average molecular weight is 544 g/mol. The van der Waals surface area contributed by atoms with Crippen LogP contribution < -0.4 is 5.69 Å². The first kappa shape index (κ1) is 22.5. The number of hydrogen-bond acceptors (Lipinski definition) is 4. The molecular formula is C27H22BrN5O3. The molecule has 9 heteroatoms. The van der Waals surface area contributed by atoms with Crippen LogP contribution in [0.15, 0.2) is 88.3 Å². The van der Waals surface area contributed by atoms with Gasteiger partial charge in [0.15, 0.2) is 6.23 Å². The Labute approximate surface area is 214 Å². The number of carbonyl (C=O) groups excluding carboxylic acids is 1. The van der Waals surface area contributed by atoms with Gasteiger partial charge in [-0.05, 0) is 48.4 Å². The number of ether oxygens (including phenoxy) is 1. The molecule has 8 nitrogen and oxygen atoms in total. The molecule has 0 spiro atoms. The highest BCUT2D eigenvalue weighted by Gasteiger charge is 2.36. The van der Waals surface area contributed by atoms with Crippen LogP contribution >= 0.6 is 15.9 Å². The standard InChI is InChI=1S/C27H22BrN5O3/c28-19-7-9-20(10-8-19)33-15-21(25(31-33)18-4-2-1-3-5-18)26-32(24(34)16-36-26)13-12-17-6-11-22-23(14-17)30-27(35)29-22/h1-11,14-15,26H,12-13,16H2,(H2,29,30,35)/t26-/m1/s1. The molecular weight excluding hydrogens is 522 g/mol. The fourth-order valence-electron chi connectivity index (χ4n) is 4.55. The third-order valence-electron chi connectivity index (χ3n) is 6.34. The normalized spacial score (nSPS) is 15.8. The highest BCUT2D eigenvalue weighted by molar-refractivity contribution is 9.10. The summed E-state index contributed by atoms with van der Waals surface area (Å²) in [6, 6.07) is 23.6. The van der Waals surface area contributed by atoms with E-state index in [-0.39, 0.29) is 18.2 Å². The maximum atomic E-state index is 12.9. The molecule has 5 aromatic rings. The van der Waals surface area contributed by atoms with Crippen LogP contribution in [0.3, 0.4) is 0 Å². The SMILES string of the molecule is O=C1CO[C@H](c2cn(-c3ccc(Br)cc3)nc2-c2ccccc2)N1CCc1ccc2[nH]c(=O)[nH]c2c1. The van der Waals surface area contributed by atoms with Crippen molar-refractivity contribution in [3.8, 4) is 16.9 Å². The molecule has 6 rings (SSSR count). The van der Waals surface area contributed by atoms with Crippen molar-refractivity contribution in [3.63, 3.8) is 0 Å². The predicted octanol–water partition coefficient (Wildman–Crippen LogP) is 4.57. The van der Waals surface area contributed by atoms with Crippen LogP contribution in [0.2, 0.25) is 0 Å². The van der Waals surface area contributed by atoms with Crippen molar-refractivity contribution < 1.29 is 9.53 Å². The zero-order valence-corrected chi connectivity index (χ0v) is 20.7. The summed E-state index contributed by atoms with van der Waals surface area (Å²) in [5.74, 6) is -0.0634. The van der Waals surface area contributed by atoms with Crippen LogP contribution in [-0.4, -0.2) is 43.7 Å². The smallest absolute Gasteiger partial charge is 0.323 e. The van der Waals surface area contributed by atoms with E-state index in [2.05, 4.69) is 25.9 Å². The third-order valence-corrected chi connectivity index (χ3v) is 6.87. The van der Waals surface area contributed by atoms with Crippen LogP contribution in [0.5, 0.6) is 0 Å². The van der Waals surface area contributed by atoms with E-state index in [0.717, 1.165) is 43.6 Å². The number of amides is 1. The van der Waals surface area contributed by atoms with E-state index in [4.69, 9.17) is 9.84 Å². The first-order valence-electron chi connectivity index (χ1n) is 11.6. The summed E-state index contributed by atoms with van der Waals surface area (Å²) >= 11 is 3.48. The molecule has 1 aliphatic heterocycles. The third kappa shape index (κ3) is 4.27. The van der Waals surface area contributed by atoms with Gasteiger partial charge in [-0.15, -0.1) is 0 Å². The first-order chi connectivity index (χ1) is 17.5. The Bertz CT molecular complexity index is 1600. The second-order valence-corrected chi connectivity index (χ2v) is 9.60. The van der Waals surface area contributed by atoms with Gasteiger partial charge in [-0.3, -0.25) is 4.79 Å². The molecule has 2 N–H and O–H groups in total. The molecule has 0 saturated carbocycles. The second kappa shape index (κ2) is 9.25. The molecule has 36 heavy (non-hydrogen) atoms.